The van der Waals surface area contributed by atoms with Gasteiger partial charge in [-0.2, -0.15) is 5.10 Å². The molecule has 0 spiro atoms. The van der Waals surface area contributed by atoms with Gasteiger partial charge in [-0.3, -0.25) is 9.79 Å². The molecule has 2 aromatic carbocycles. The van der Waals surface area contributed by atoms with Gasteiger partial charge in [-0.25, -0.2) is 4.68 Å². The van der Waals surface area contributed by atoms with Gasteiger partial charge in [0.2, 0.25) is 0 Å². The van der Waals surface area contributed by atoms with E-state index < -0.39 is 0 Å². The second kappa shape index (κ2) is 10.3. The largest absolute Gasteiger partial charge is 0.352 e. The number of nitrogens with zero attached hydrogens (tertiary/aromatic N) is 3. The molecule has 0 unspecified atom stereocenters. The van der Waals surface area contributed by atoms with E-state index >= 15 is 0 Å². The minimum Gasteiger partial charge on any atom is -0.352 e. The molecule has 174 valence electrons. The first kappa shape index (κ1) is 24.0. The van der Waals surface area contributed by atoms with Crippen LogP contribution in [0, 0.1) is 13.8 Å². The van der Waals surface area contributed by atoms with Crippen molar-refractivity contribution in [2.24, 2.45) is 4.99 Å². The first-order valence-electron chi connectivity index (χ1n) is 11.1. The van der Waals surface area contributed by atoms with Crippen LogP contribution >= 0.6 is 0 Å². The molecule has 0 fully saturated rings. The van der Waals surface area contributed by atoms with Crippen molar-refractivity contribution in [3.05, 3.63) is 82.7 Å². The monoisotopic (exact) mass is 446 g/mol. The average molecular weight is 447 g/mol. The molecular formula is C26H34N6O. The van der Waals surface area contributed by atoms with Crippen molar-refractivity contribution in [1.82, 2.24) is 25.7 Å². The van der Waals surface area contributed by atoms with E-state index in [4.69, 9.17) is 0 Å². The van der Waals surface area contributed by atoms with Crippen LogP contribution in [-0.2, 0) is 13.1 Å². The van der Waals surface area contributed by atoms with Gasteiger partial charge >= 0.3 is 0 Å². The fourth-order valence-corrected chi connectivity index (χ4v) is 3.56. The fraction of sp³-hybridized carbons (Fsp3) is 0.346. The normalized spacial score (nSPS) is 11.9. The molecule has 0 radical (unpaired) electrons. The molecule has 1 amide bonds. The highest BCUT2D eigenvalue weighted by Gasteiger charge is 2.15. The highest BCUT2D eigenvalue weighted by Crippen LogP contribution is 2.17. The third kappa shape index (κ3) is 6.68. The van der Waals surface area contributed by atoms with Crippen LogP contribution in [0.3, 0.4) is 0 Å². The lowest BCUT2D eigenvalue weighted by Gasteiger charge is -2.20. The molecule has 1 aromatic heterocycles. The smallest absolute Gasteiger partial charge is 0.251 e. The van der Waals surface area contributed by atoms with Gasteiger partial charge in [0.05, 0.1) is 11.4 Å². The maximum atomic E-state index is 12.5. The van der Waals surface area contributed by atoms with Crippen molar-refractivity contribution in [2.45, 2.75) is 53.2 Å². The van der Waals surface area contributed by atoms with Crippen LogP contribution in [0.1, 0.15) is 53.6 Å². The number of benzene rings is 2. The Hall–Kier alpha value is -3.61. The van der Waals surface area contributed by atoms with Gasteiger partial charge in [0.25, 0.3) is 5.91 Å². The second-order valence-corrected chi connectivity index (χ2v) is 9.15. The van der Waals surface area contributed by atoms with E-state index in [1.54, 1.807) is 7.05 Å². The number of guanidine groups is 1. The van der Waals surface area contributed by atoms with E-state index in [1.807, 2.05) is 68.8 Å². The standard InChI is InChI=1S/C26H34N6O/c1-18-14-19(2)32(31-18)23-13-8-7-11-22(23)17-29-25(27-6)28-16-20-10-9-12-21(15-20)24(33)30-26(3,4)5/h7-15H,16-17H2,1-6H3,(H,30,33)(H2,27,28,29). The number of carbonyl (C=O) groups is 1. The molecule has 0 atom stereocenters. The molecule has 3 aromatic rings. The summed E-state index contributed by atoms with van der Waals surface area (Å²) in [7, 11) is 1.75. The topological polar surface area (TPSA) is 83.3 Å². The van der Waals surface area contributed by atoms with Crippen molar-refractivity contribution >= 4 is 11.9 Å². The predicted molar refractivity (Wildman–Crippen MR) is 134 cm³/mol. The Morgan fingerprint density at radius 3 is 2.39 bits per heavy atom. The van der Waals surface area contributed by atoms with Crippen LogP contribution in [0.2, 0.25) is 0 Å². The van der Waals surface area contributed by atoms with E-state index in [9.17, 15) is 4.79 Å². The molecule has 0 aliphatic rings. The molecule has 0 bridgehead atoms. The number of amides is 1. The summed E-state index contributed by atoms with van der Waals surface area (Å²) >= 11 is 0. The number of hydrogen-bond acceptors (Lipinski definition) is 3. The summed E-state index contributed by atoms with van der Waals surface area (Å²) < 4.78 is 1.97. The minimum atomic E-state index is -0.277. The zero-order chi connectivity index (χ0) is 24.0. The van der Waals surface area contributed by atoms with E-state index in [1.165, 1.54) is 0 Å². The van der Waals surface area contributed by atoms with Crippen LogP contribution in [0.15, 0.2) is 59.6 Å². The highest BCUT2D eigenvalue weighted by atomic mass is 16.1. The van der Waals surface area contributed by atoms with Crippen LogP contribution in [0.4, 0.5) is 0 Å². The average Bonchev–Trinajstić information content (AvgIpc) is 3.11. The summed E-state index contributed by atoms with van der Waals surface area (Å²) in [5.74, 6) is 0.607. The molecule has 0 saturated carbocycles. The summed E-state index contributed by atoms with van der Waals surface area (Å²) in [6.45, 7) is 11.1. The van der Waals surface area contributed by atoms with Gasteiger partial charge in [0, 0.05) is 36.9 Å². The maximum absolute atomic E-state index is 12.5. The maximum Gasteiger partial charge on any atom is 0.251 e. The molecular weight excluding hydrogens is 412 g/mol. The van der Waals surface area contributed by atoms with Gasteiger partial charge in [0.1, 0.15) is 0 Å². The zero-order valence-corrected chi connectivity index (χ0v) is 20.4. The SMILES string of the molecule is CN=C(NCc1cccc(C(=O)NC(C)(C)C)c1)NCc1ccccc1-n1nc(C)cc1C. The highest BCUT2D eigenvalue weighted by molar-refractivity contribution is 5.94. The summed E-state index contributed by atoms with van der Waals surface area (Å²) in [6.07, 6.45) is 0. The fourth-order valence-electron chi connectivity index (χ4n) is 3.56. The van der Waals surface area contributed by atoms with Gasteiger partial charge < -0.3 is 16.0 Å². The Morgan fingerprint density at radius 2 is 1.73 bits per heavy atom. The zero-order valence-electron chi connectivity index (χ0n) is 20.4. The quantitative estimate of drug-likeness (QED) is 0.396. The Balaban J connectivity index is 1.64. The molecule has 0 aliphatic heterocycles. The molecule has 7 heteroatoms. The van der Waals surface area contributed by atoms with Crippen molar-refractivity contribution in [1.29, 1.82) is 0 Å². The molecule has 0 aliphatic carbocycles. The lowest BCUT2D eigenvalue weighted by Crippen LogP contribution is -2.40. The summed E-state index contributed by atoms with van der Waals surface area (Å²) in [4.78, 5) is 16.8. The number of carbonyl (C=O) groups excluding carboxylic acids is 1. The summed E-state index contributed by atoms with van der Waals surface area (Å²) in [5.41, 5.74) is 5.62. The molecule has 33 heavy (non-hydrogen) atoms. The second-order valence-electron chi connectivity index (χ2n) is 9.15. The number of aryl methyl sites for hydroxylation is 2. The summed E-state index contributed by atoms with van der Waals surface area (Å²) in [5, 5.41) is 14.3. The minimum absolute atomic E-state index is 0.0763. The van der Waals surface area contributed by atoms with E-state index in [0.29, 0.717) is 24.6 Å². The summed E-state index contributed by atoms with van der Waals surface area (Å²) in [6, 6.07) is 17.9. The van der Waals surface area contributed by atoms with E-state index in [-0.39, 0.29) is 11.4 Å². The lowest BCUT2D eigenvalue weighted by molar-refractivity contribution is 0.0919. The Morgan fingerprint density at radius 1 is 1.00 bits per heavy atom. The van der Waals surface area contributed by atoms with Gasteiger partial charge in [-0.15, -0.1) is 0 Å². The van der Waals surface area contributed by atoms with E-state index in [2.05, 4.69) is 51.2 Å². The van der Waals surface area contributed by atoms with Gasteiger partial charge in [0.15, 0.2) is 5.96 Å². The molecule has 3 N–H and O–H groups in total. The predicted octanol–water partition coefficient (Wildman–Crippen LogP) is 3.88. The number of aromatic nitrogens is 2. The number of rotatable bonds is 6. The van der Waals surface area contributed by atoms with Crippen molar-refractivity contribution < 1.29 is 4.79 Å². The Bertz CT molecular complexity index is 1140. The molecule has 3 rings (SSSR count). The Labute approximate surface area is 196 Å². The van der Waals surface area contributed by atoms with Crippen molar-refractivity contribution in [2.75, 3.05) is 7.05 Å². The third-order valence-corrected chi connectivity index (χ3v) is 5.04. The third-order valence-electron chi connectivity index (χ3n) is 5.04. The molecule has 1 heterocycles. The van der Waals surface area contributed by atoms with Crippen LogP contribution in [0.25, 0.3) is 5.69 Å². The first-order chi connectivity index (χ1) is 15.7. The van der Waals surface area contributed by atoms with Crippen LogP contribution in [0.5, 0.6) is 0 Å². The van der Waals surface area contributed by atoms with E-state index in [0.717, 1.165) is 28.2 Å². The van der Waals surface area contributed by atoms with Gasteiger partial charge in [-0.05, 0) is 70.0 Å². The Kier molecular flexibility index (Phi) is 7.53. The number of hydrogen-bond donors (Lipinski definition) is 3. The van der Waals surface area contributed by atoms with Crippen LogP contribution < -0.4 is 16.0 Å². The van der Waals surface area contributed by atoms with Crippen molar-refractivity contribution in [3.8, 4) is 5.69 Å². The van der Waals surface area contributed by atoms with Gasteiger partial charge in [-0.1, -0.05) is 30.3 Å². The van der Waals surface area contributed by atoms with Crippen molar-refractivity contribution in [3.63, 3.8) is 0 Å². The number of nitrogens with one attached hydrogen (secondary N) is 3. The van der Waals surface area contributed by atoms with Crippen LogP contribution in [-0.4, -0.2) is 34.2 Å². The number of para-hydroxylation sites is 1. The first-order valence-corrected chi connectivity index (χ1v) is 11.1. The number of aliphatic imine (C=N–C) groups is 1. The lowest BCUT2D eigenvalue weighted by atomic mass is 10.1. The molecule has 0 saturated heterocycles. The molecule has 7 nitrogen and oxygen atoms in total.